The van der Waals surface area contributed by atoms with E-state index in [0.717, 1.165) is 6.07 Å². The first-order valence-corrected chi connectivity index (χ1v) is 6.82. The van der Waals surface area contributed by atoms with E-state index in [1.807, 2.05) is 0 Å². The Morgan fingerprint density at radius 2 is 1.92 bits per heavy atom. The number of nitrogens with two attached hydrogens (primary N) is 1. The highest BCUT2D eigenvalue weighted by atomic mass is 19.3. The van der Waals surface area contributed by atoms with E-state index in [0.29, 0.717) is 0 Å². The molecule has 4 N–H and O–H groups in total. The summed E-state index contributed by atoms with van der Waals surface area (Å²) in [5.41, 5.74) is 4.72. The second-order valence-electron chi connectivity index (χ2n) is 4.57. The van der Waals surface area contributed by atoms with E-state index in [4.69, 9.17) is 5.73 Å². The summed E-state index contributed by atoms with van der Waals surface area (Å²) in [6.07, 6.45) is -1.31. The minimum absolute atomic E-state index is 0.0227. The molecular weight excluding hydrogens is 344 g/mol. The van der Waals surface area contributed by atoms with Crippen molar-refractivity contribution >= 4 is 23.8 Å². The van der Waals surface area contributed by atoms with Crippen LogP contribution in [0.25, 0.3) is 0 Å². The lowest BCUT2D eigenvalue weighted by atomic mass is 10.2. The summed E-state index contributed by atoms with van der Waals surface area (Å²) in [7, 11) is 0. The molecule has 0 bridgehead atoms. The standard InChI is InChI=1S/C14H15F2N3O6/c1-7(11(21)19-14(17)23)24-10(20)6-18-12(22)8-3-2-4-9(5-8)25-13(15)16/h2-5,7,13H,6H2,1H3,(H,18,22)(H3,17,19,21,23). The summed E-state index contributed by atoms with van der Waals surface area (Å²) in [4.78, 5) is 45.2. The molecule has 1 rings (SSSR count). The predicted molar refractivity (Wildman–Crippen MR) is 78.7 cm³/mol. The SMILES string of the molecule is CC(OC(=O)CNC(=O)c1cccc(OC(F)F)c1)C(=O)NC(N)=O. The van der Waals surface area contributed by atoms with E-state index < -0.39 is 43.1 Å². The minimum Gasteiger partial charge on any atom is -0.451 e. The Bertz CT molecular complexity index is 668. The molecule has 136 valence electrons. The van der Waals surface area contributed by atoms with Crippen LogP contribution in [0.1, 0.15) is 17.3 Å². The van der Waals surface area contributed by atoms with Gasteiger partial charge in [-0.15, -0.1) is 0 Å². The molecule has 4 amide bonds. The number of benzene rings is 1. The summed E-state index contributed by atoms with van der Waals surface area (Å²) in [6.45, 7) is -2.43. The van der Waals surface area contributed by atoms with Crippen molar-refractivity contribution in [2.45, 2.75) is 19.6 Å². The van der Waals surface area contributed by atoms with Gasteiger partial charge in [0.2, 0.25) is 0 Å². The predicted octanol–water partition coefficient (Wildman–Crippen LogP) is 0.144. The molecule has 0 saturated carbocycles. The van der Waals surface area contributed by atoms with Crippen LogP contribution in [0.3, 0.4) is 0 Å². The lowest BCUT2D eigenvalue weighted by Crippen LogP contribution is -2.43. The van der Waals surface area contributed by atoms with Gasteiger partial charge in [-0.3, -0.25) is 19.7 Å². The minimum atomic E-state index is -3.04. The molecule has 0 saturated heterocycles. The van der Waals surface area contributed by atoms with Crippen LogP contribution in [0.15, 0.2) is 24.3 Å². The summed E-state index contributed by atoms with van der Waals surface area (Å²) in [5, 5.41) is 3.91. The topological polar surface area (TPSA) is 137 Å². The van der Waals surface area contributed by atoms with E-state index in [1.165, 1.54) is 25.1 Å². The maximum atomic E-state index is 12.1. The molecule has 1 atom stereocenters. The molecule has 1 aromatic rings. The maximum absolute atomic E-state index is 12.1. The zero-order valence-electron chi connectivity index (χ0n) is 13.0. The van der Waals surface area contributed by atoms with E-state index in [-0.39, 0.29) is 11.3 Å². The maximum Gasteiger partial charge on any atom is 0.387 e. The van der Waals surface area contributed by atoms with Gasteiger partial charge in [0, 0.05) is 5.56 Å². The van der Waals surface area contributed by atoms with E-state index >= 15 is 0 Å². The van der Waals surface area contributed by atoms with E-state index in [2.05, 4.69) is 14.8 Å². The number of ether oxygens (including phenoxy) is 2. The first-order valence-electron chi connectivity index (χ1n) is 6.82. The third-order valence-electron chi connectivity index (χ3n) is 2.64. The highest BCUT2D eigenvalue weighted by Gasteiger charge is 2.19. The summed E-state index contributed by atoms with van der Waals surface area (Å²) >= 11 is 0. The van der Waals surface area contributed by atoms with Gasteiger partial charge in [0.25, 0.3) is 11.8 Å². The first-order chi connectivity index (χ1) is 11.7. The molecule has 0 aromatic heterocycles. The molecule has 0 aliphatic carbocycles. The molecule has 0 aliphatic heterocycles. The van der Waals surface area contributed by atoms with Crippen molar-refractivity contribution < 1.29 is 37.4 Å². The van der Waals surface area contributed by atoms with Crippen LogP contribution in [-0.2, 0) is 14.3 Å². The Balaban J connectivity index is 2.51. The number of esters is 1. The molecule has 9 nitrogen and oxygen atoms in total. The van der Waals surface area contributed by atoms with Crippen LogP contribution < -0.4 is 21.1 Å². The average Bonchev–Trinajstić information content (AvgIpc) is 2.51. The number of hydrogen-bond acceptors (Lipinski definition) is 6. The van der Waals surface area contributed by atoms with Crippen molar-refractivity contribution in [3.05, 3.63) is 29.8 Å². The molecule has 1 unspecified atom stereocenters. The van der Waals surface area contributed by atoms with Gasteiger partial charge in [-0.2, -0.15) is 8.78 Å². The average molecular weight is 359 g/mol. The zero-order chi connectivity index (χ0) is 19.0. The van der Waals surface area contributed by atoms with Gasteiger partial charge in [0.15, 0.2) is 6.10 Å². The van der Waals surface area contributed by atoms with Crippen molar-refractivity contribution in [2.24, 2.45) is 5.73 Å². The largest absolute Gasteiger partial charge is 0.451 e. The number of carbonyl (C=O) groups excluding carboxylic acids is 4. The van der Waals surface area contributed by atoms with Gasteiger partial charge in [-0.05, 0) is 25.1 Å². The Morgan fingerprint density at radius 3 is 2.52 bits per heavy atom. The lowest BCUT2D eigenvalue weighted by molar-refractivity contribution is -0.153. The van der Waals surface area contributed by atoms with Crippen molar-refractivity contribution in [1.82, 2.24) is 10.6 Å². The summed E-state index contributed by atoms with van der Waals surface area (Å²) < 4.78 is 33.1. The number of amides is 4. The fourth-order valence-electron chi connectivity index (χ4n) is 1.58. The fourth-order valence-corrected chi connectivity index (χ4v) is 1.58. The molecule has 25 heavy (non-hydrogen) atoms. The monoisotopic (exact) mass is 359 g/mol. The third-order valence-corrected chi connectivity index (χ3v) is 2.64. The fraction of sp³-hybridized carbons (Fsp3) is 0.286. The number of imide groups is 1. The number of urea groups is 1. The van der Waals surface area contributed by atoms with Gasteiger partial charge in [-0.1, -0.05) is 6.07 Å². The number of carbonyl (C=O) groups is 4. The highest BCUT2D eigenvalue weighted by Crippen LogP contribution is 2.15. The van der Waals surface area contributed by atoms with Crippen molar-refractivity contribution in [3.63, 3.8) is 0 Å². The smallest absolute Gasteiger partial charge is 0.387 e. The molecule has 0 radical (unpaired) electrons. The normalized spacial score (nSPS) is 11.4. The molecule has 0 fully saturated rings. The Labute approximate surface area is 140 Å². The number of halogens is 2. The number of primary amides is 1. The Morgan fingerprint density at radius 1 is 1.24 bits per heavy atom. The quantitative estimate of drug-likeness (QED) is 0.593. The second-order valence-corrected chi connectivity index (χ2v) is 4.57. The number of alkyl halides is 2. The summed E-state index contributed by atoms with van der Waals surface area (Å²) in [6, 6.07) is 3.84. The van der Waals surface area contributed by atoms with Gasteiger partial charge in [0.05, 0.1) is 0 Å². The Hall–Kier alpha value is -3.24. The van der Waals surface area contributed by atoms with Crippen molar-refractivity contribution in [2.75, 3.05) is 6.54 Å². The third kappa shape index (κ3) is 7.24. The summed E-state index contributed by atoms with van der Waals surface area (Å²) in [5.74, 6) is -2.85. The van der Waals surface area contributed by atoms with Crippen LogP contribution >= 0.6 is 0 Å². The highest BCUT2D eigenvalue weighted by molar-refractivity contribution is 5.98. The molecule has 0 heterocycles. The van der Waals surface area contributed by atoms with Gasteiger partial charge >= 0.3 is 18.6 Å². The number of rotatable bonds is 7. The second kappa shape index (κ2) is 9.15. The van der Waals surface area contributed by atoms with Crippen LogP contribution in [-0.4, -0.2) is 43.1 Å². The first kappa shape index (κ1) is 19.8. The van der Waals surface area contributed by atoms with Gasteiger partial charge in [-0.25, -0.2) is 4.79 Å². The van der Waals surface area contributed by atoms with Crippen LogP contribution in [0.2, 0.25) is 0 Å². The molecular formula is C14H15F2N3O6. The van der Waals surface area contributed by atoms with Gasteiger partial charge in [0.1, 0.15) is 12.3 Å². The zero-order valence-corrected chi connectivity index (χ0v) is 13.0. The van der Waals surface area contributed by atoms with Crippen LogP contribution in [0.4, 0.5) is 13.6 Å². The van der Waals surface area contributed by atoms with E-state index in [1.54, 1.807) is 5.32 Å². The van der Waals surface area contributed by atoms with Crippen LogP contribution in [0.5, 0.6) is 5.75 Å². The van der Waals surface area contributed by atoms with Crippen molar-refractivity contribution in [1.29, 1.82) is 0 Å². The molecule has 0 aliphatic rings. The Kier molecular flexibility index (Phi) is 7.25. The molecule has 1 aromatic carbocycles. The molecule has 11 heteroatoms. The molecule has 0 spiro atoms. The van der Waals surface area contributed by atoms with Gasteiger partial charge < -0.3 is 20.5 Å². The number of hydrogen-bond donors (Lipinski definition) is 3. The van der Waals surface area contributed by atoms with E-state index in [9.17, 15) is 28.0 Å². The van der Waals surface area contributed by atoms with Crippen LogP contribution in [0, 0.1) is 0 Å². The number of nitrogens with one attached hydrogen (secondary N) is 2. The lowest BCUT2D eigenvalue weighted by Gasteiger charge is -2.12. The van der Waals surface area contributed by atoms with Crippen molar-refractivity contribution in [3.8, 4) is 5.75 Å².